The van der Waals surface area contributed by atoms with Gasteiger partial charge in [-0.25, -0.2) is 9.37 Å². The second-order valence-electron chi connectivity index (χ2n) is 3.87. The van der Waals surface area contributed by atoms with Crippen LogP contribution in [0.1, 0.15) is 19.3 Å². The van der Waals surface area contributed by atoms with Crippen LogP contribution in [0, 0.1) is 5.82 Å². The Morgan fingerprint density at radius 1 is 1.12 bits per heavy atom. The molecule has 0 radical (unpaired) electrons. The Balaban J connectivity index is 0.000000138. The lowest BCUT2D eigenvalue weighted by Gasteiger charge is -2.08. The Bertz CT molecular complexity index is 423. The fourth-order valence-electron chi connectivity index (χ4n) is 1.71. The van der Waals surface area contributed by atoms with Crippen molar-refractivity contribution in [1.82, 2.24) is 15.3 Å². The number of hydrogen-bond acceptors (Lipinski definition) is 2. The molecule has 0 amide bonds. The highest BCUT2D eigenvalue weighted by atomic mass is 19.1. The Kier molecular flexibility index (Phi) is 3.88. The van der Waals surface area contributed by atoms with Gasteiger partial charge in [-0.3, -0.25) is 0 Å². The molecule has 0 unspecified atom stereocenters. The summed E-state index contributed by atoms with van der Waals surface area (Å²) in [6.07, 6.45) is 5.76. The molecule has 86 valence electrons. The van der Waals surface area contributed by atoms with Crippen LogP contribution in [0.5, 0.6) is 0 Å². The third-order valence-electron chi connectivity index (χ3n) is 2.59. The zero-order valence-corrected chi connectivity index (χ0v) is 9.17. The Labute approximate surface area is 94.1 Å². The van der Waals surface area contributed by atoms with E-state index in [1.54, 1.807) is 12.4 Å². The highest BCUT2D eigenvalue weighted by molar-refractivity contribution is 5.73. The van der Waals surface area contributed by atoms with Crippen molar-refractivity contribution < 1.29 is 4.39 Å². The van der Waals surface area contributed by atoms with Gasteiger partial charge in [-0.2, -0.15) is 0 Å². The van der Waals surface area contributed by atoms with Crippen LogP contribution in [0.15, 0.2) is 24.5 Å². The summed E-state index contributed by atoms with van der Waals surface area (Å²) in [6.45, 7) is 2.50. The van der Waals surface area contributed by atoms with Gasteiger partial charge in [-0.1, -0.05) is 6.42 Å². The average molecular weight is 221 g/mol. The zero-order valence-electron chi connectivity index (χ0n) is 9.17. The number of benzene rings is 1. The molecule has 4 heteroatoms. The third-order valence-corrected chi connectivity index (χ3v) is 2.59. The van der Waals surface area contributed by atoms with Crippen molar-refractivity contribution in [2.24, 2.45) is 0 Å². The molecule has 2 heterocycles. The minimum Gasteiger partial charge on any atom is -0.345 e. The standard InChI is InChI=1S/C7H5FN2.C5H11N/c8-5-1-2-6-7(3-5)10-4-9-6;1-2-4-6-5-3-1/h1-4H,(H,9,10);6H,1-5H2. The lowest BCUT2D eigenvalue weighted by molar-refractivity contribution is 0.520. The minimum atomic E-state index is -0.250. The van der Waals surface area contributed by atoms with Crippen LogP contribution in [0.25, 0.3) is 11.0 Å². The van der Waals surface area contributed by atoms with Crippen LogP contribution in [-0.4, -0.2) is 23.1 Å². The SMILES string of the molecule is C1CCNCC1.Fc1ccc2[nH]cnc2c1. The molecule has 0 spiro atoms. The molecule has 1 fully saturated rings. The highest BCUT2D eigenvalue weighted by Gasteiger charge is 1.95. The molecule has 2 aromatic rings. The number of imidazole rings is 1. The van der Waals surface area contributed by atoms with Crippen LogP contribution in [-0.2, 0) is 0 Å². The first kappa shape index (κ1) is 11.1. The van der Waals surface area contributed by atoms with Gasteiger partial charge in [-0.15, -0.1) is 0 Å². The summed E-state index contributed by atoms with van der Waals surface area (Å²) in [6, 6.07) is 4.46. The van der Waals surface area contributed by atoms with Crippen molar-refractivity contribution >= 4 is 11.0 Å². The number of piperidine rings is 1. The first-order valence-corrected chi connectivity index (χ1v) is 5.65. The zero-order chi connectivity index (χ0) is 11.2. The third kappa shape index (κ3) is 3.03. The molecule has 0 bridgehead atoms. The average Bonchev–Trinajstić information content (AvgIpc) is 2.79. The van der Waals surface area contributed by atoms with Gasteiger partial charge in [0.05, 0.1) is 17.4 Å². The van der Waals surface area contributed by atoms with E-state index < -0.39 is 0 Å². The van der Waals surface area contributed by atoms with E-state index in [1.807, 2.05) is 0 Å². The van der Waals surface area contributed by atoms with Crippen LogP contribution in [0.3, 0.4) is 0 Å². The second kappa shape index (κ2) is 5.61. The Morgan fingerprint density at radius 2 is 1.94 bits per heavy atom. The van der Waals surface area contributed by atoms with Gasteiger partial charge in [0.25, 0.3) is 0 Å². The van der Waals surface area contributed by atoms with Crippen LogP contribution < -0.4 is 5.32 Å². The highest BCUT2D eigenvalue weighted by Crippen LogP contribution is 2.09. The largest absolute Gasteiger partial charge is 0.345 e. The predicted molar refractivity (Wildman–Crippen MR) is 62.8 cm³/mol. The van der Waals surface area contributed by atoms with Gasteiger partial charge in [0.1, 0.15) is 5.82 Å². The van der Waals surface area contributed by atoms with Gasteiger partial charge in [0.2, 0.25) is 0 Å². The molecule has 3 nitrogen and oxygen atoms in total. The first-order valence-electron chi connectivity index (χ1n) is 5.65. The maximum Gasteiger partial charge on any atom is 0.125 e. The van der Waals surface area contributed by atoms with Crippen molar-refractivity contribution in [3.63, 3.8) is 0 Å². The summed E-state index contributed by atoms with van der Waals surface area (Å²) < 4.78 is 12.5. The van der Waals surface area contributed by atoms with Gasteiger partial charge in [0, 0.05) is 6.07 Å². The maximum absolute atomic E-state index is 12.5. The van der Waals surface area contributed by atoms with E-state index >= 15 is 0 Å². The molecule has 16 heavy (non-hydrogen) atoms. The number of H-pyrrole nitrogens is 1. The number of hydrogen-bond donors (Lipinski definition) is 2. The van der Waals surface area contributed by atoms with E-state index in [-0.39, 0.29) is 5.82 Å². The van der Waals surface area contributed by atoms with E-state index in [0.29, 0.717) is 5.52 Å². The van der Waals surface area contributed by atoms with E-state index in [4.69, 9.17) is 0 Å². The van der Waals surface area contributed by atoms with E-state index in [1.165, 1.54) is 44.5 Å². The van der Waals surface area contributed by atoms with E-state index in [0.717, 1.165) is 5.52 Å². The fourth-order valence-corrected chi connectivity index (χ4v) is 1.71. The maximum atomic E-state index is 12.5. The molecule has 1 saturated heterocycles. The van der Waals surface area contributed by atoms with Crippen molar-refractivity contribution in [2.45, 2.75) is 19.3 Å². The molecular weight excluding hydrogens is 205 g/mol. The first-order chi connectivity index (χ1) is 7.86. The van der Waals surface area contributed by atoms with Gasteiger partial charge < -0.3 is 10.3 Å². The molecule has 1 aromatic heterocycles. The van der Waals surface area contributed by atoms with Gasteiger partial charge >= 0.3 is 0 Å². The van der Waals surface area contributed by atoms with Crippen LogP contribution >= 0.6 is 0 Å². The fraction of sp³-hybridized carbons (Fsp3) is 0.417. The Morgan fingerprint density at radius 3 is 2.56 bits per heavy atom. The molecule has 1 aliphatic rings. The lowest BCUT2D eigenvalue weighted by Crippen LogP contribution is -2.21. The summed E-state index contributed by atoms with van der Waals surface area (Å²) >= 11 is 0. The molecule has 1 aromatic carbocycles. The Hall–Kier alpha value is -1.42. The molecule has 3 rings (SSSR count). The summed E-state index contributed by atoms with van der Waals surface area (Å²) in [5.41, 5.74) is 1.53. The molecule has 0 saturated carbocycles. The van der Waals surface area contributed by atoms with Crippen molar-refractivity contribution in [1.29, 1.82) is 0 Å². The number of rotatable bonds is 0. The van der Waals surface area contributed by atoms with E-state index in [9.17, 15) is 4.39 Å². The smallest absolute Gasteiger partial charge is 0.125 e. The topological polar surface area (TPSA) is 40.7 Å². The molecule has 1 aliphatic heterocycles. The van der Waals surface area contributed by atoms with Crippen LogP contribution in [0.2, 0.25) is 0 Å². The molecule has 0 aliphatic carbocycles. The quantitative estimate of drug-likeness (QED) is 0.717. The molecule has 0 atom stereocenters. The summed E-state index contributed by atoms with van der Waals surface area (Å²) in [5, 5.41) is 3.28. The number of nitrogens with zero attached hydrogens (tertiary/aromatic N) is 1. The molecular formula is C12H16FN3. The summed E-state index contributed by atoms with van der Waals surface area (Å²) in [4.78, 5) is 6.75. The second-order valence-corrected chi connectivity index (χ2v) is 3.87. The number of halogens is 1. The number of nitrogens with one attached hydrogen (secondary N) is 2. The minimum absolute atomic E-state index is 0.250. The predicted octanol–water partition coefficient (Wildman–Crippen LogP) is 2.46. The van der Waals surface area contributed by atoms with Crippen LogP contribution in [0.4, 0.5) is 4.39 Å². The van der Waals surface area contributed by atoms with Gasteiger partial charge in [-0.05, 0) is 38.1 Å². The lowest BCUT2D eigenvalue weighted by atomic mass is 10.2. The summed E-state index contributed by atoms with van der Waals surface area (Å²) in [5.74, 6) is -0.250. The normalized spacial score (nSPS) is 15.6. The monoisotopic (exact) mass is 221 g/mol. The van der Waals surface area contributed by atoms with Crippen molar-refractivity contribution in [3.8, 4) is 0 Å². The number of aromatic nitrogens is 2. The number of fused-ring (bicyclic) bond motifs is 1. The van der Waals surface area contributed by atoms with Crippen molar-refractivity contribution in [3.05, 3.63) is 30.3 Å². The number of aromatic amines is 1. The molecule has 2 N–H and O–H groups in total. The summed E-state index contributed by atoms with van der Waals surface area (Å²) in [7, 11) is 0. The van der Waals surface area contributed by atoms with E-state index in [2.05, 4.69) is 15.3 Å². The van der Waals surface area contributed by atoms with Crippen molar-refractivity contribution in [2.75, 3.05) is 13.1 Å². The van der Waals surface area contributed by atoms with Gasteiger partial charge in [0.15, 0.2) is 0 Å².